The number of Topliss-reactive ketones (excluding diaryl/α,β-unsaturated/α-hetero) is 1. The van der Waals surface area contributed by atoms with Crippen LogP contribution in [0.2, 0.25) is 10.0 Å². The van der Waals surface area contributed by atoms with Gasteiger partial charge in [-0.1, -0.05) is 23.2 Å². The highest BCUT2D eigenvalue weighted by Crippen LogP contribution is 2.24. The fraction of sp³-hybridized carbons (Fsp3) is 0.133. The van der Waals surface area contributed by atoms with Crippen LogP contribution < -0.4 is 0 Å². The van der Waals surface area contributed by atoms with E-state index in [0.29, 0.717) is 27.8 Å². The van der Waals surface area contributed by atoms with E-state index in [1.54, 1.807) is 30.3 Å². The standard InChI is InChI=1S/C15H11Cl2FOS/c16-13-6-1-10(9-14(13)17)15(19)7-8-20-12-4-2-11(18)3-5-12/h1-6,9H,7-8H2. The number of thioether (sulfide) groups is 1. The molecule has 0 amide bonds. The van der Waals surface area contributed by atoms with E-state index in [0.717, 1.165) is 4.90 Å². The smallest absolute Gasteiger partial charge is 0.163 e. The van der Waals surface area contributed by atoms with Gasteiger partial charge < -0.3 is 0 Å². The van der Waals surface area contributed by atoms with Crippen LogP contribution in [0.5, 0.6) is 0 Å². The van der Waals surface area contributed by atoms with Gasteiger partial charge in [-0.3, -0.25) is 4.79 Å². The molecule has 0 radical (unpaired) electrons. The van der Waals surface area contributed by atoms with Crippen molar-refractivity contribution < 1.29 is 9.18 Å². The number of carbonyl (C=O) groups excluding carboxylic acids is 1. The van der Waals surface area contributed by atoms with Gasteiger partial charge in [0.1, 0.15) is 5.82 Å². The zero-order chi connectivity index (χ0) is 14.5. The predicted molar refractivity (Wildman–Crippen MR) is 82.5 cm³/mol. The summed E-state index contributed by atoms with van der Waals surface area (Å²) in [6, 6.07) is 11.1. The highest BCUT2D eigenvalue weighted by atomic mass is 35.5. The molecule has 0 heterocycles. The molecular weight excluding hydrogens is 318 g/mol. The third-order valence-corrected chi connectivity index (χ3v) is 4.41. The molecule has 2 aromatic rings. The molecular formula is C15H11Cl2FOS. The molecule has 0 aliphatic rings. The molecule has 1 nitrogen and oxygen atoms in total. The summed E-state index contributed by atoms with van der Waals surface area (Å²) in [6.45, 7) is 0. The van der Waals surface area contributed by atoms with Crippen LogP contribution in [-0.2, 0) is 0 Å². The van der Waals surface area contributed by atoms with Crippen molar-refractivity contribution >= 4 is 40.7 Å². The van der Waals surface area contributed by atoms with Crippen LogP contribution >= 0.6 is 35.0 Å². The van der Waals surface area contributed by atoms with Gasteiger partial charge >= 0.3 is 0 Å². The summed E-state index contributed by atoms with van der Waals surface area (Å²) in [6.07, 6.45) is 0.389. The quantitative estimate of drug-likeness (QED) is 0.532. The predicted octanol–water partition coefficient (Wildman–Crippen LogP) is 5.50. The average molecular weight is 329 g/mol. The molecule has 0 atom stereocenters. The first-order valence-corrected chi connectivity index (χ1v) is 7.67. The molecule has 0 saturated carbocycles. The van der Waals surface area contributed by atoms with Crippen molar-refractivity contribution in [1.29, 1.82) is 0 Å². The second kappa shape index (κ2) is 7.11. The molecule has 0 aliphatic heterocycles. The molecule has 0 spiro atoms. The highest BCUT2D eigenvalue weighted by Gasteiger charge is 2.08. The lowest BCUT2D eigenvalue weighted by molar-refractivity contribution is 0.0989. The summed E-state index contributed by atoms with van der Waals surface area (Å²) < 4.78 is 12.7. The van der Waals surface area contributed by atoms with E-state index in [9.17, 15) is 9.18 Å². The zero-order valence-corrected chi connectivity index (χ0v) is 12.7. The number of ketones is 1. The van der Waals surface area contributed by atoms with Crippen molar-refractivity contribution in [2.75, 3.05) is 5.75 Å². The van der Waals surface area contributed by atoms with Crippen molar-refractivity contribution in [2.45, 2.75) is 11.3 Å². The maximum Gasteiger partial charge on any atom is 0.163 e. The summed E-state index contributed by atoms with van der Waals surface area (Å²) >= 11 is 13.2. The van der Waals surface area contributed by atoms with Gasteiger partial charge in [0.05, 0.1) is 10.0 Å². The normalized spacial score (nSPS) is 10.6. The van der Waals surface area contributed by atoms with E-state index in [-0.39, 0.29) is 11.6 Å². The molecule has 0 saturated heterocycles. The van der Waals surface area contributed by atoms with Crippen molar-refractivity contribution in [3.05, 3.63) is 63.9 Å². The van der Waals surface area contributed by atoms with E-state index in [2.05, 4.69) is 0 Å². The Morgan fingerprint density at radius 2 is 1.75 bits per heavy atom. The SMILES string of the molecule is O=C(CCSc1ccc(F)cc1)c1ccc(Cl)c(Cl)c1. The lowest BCUT2D eigenvalue weighted by Gasteiger charge is -2.03. The van der Waals surface area contributed by atoms with E-state index >= 15 is 0 Å². The monoisotopic (exact) mass is 328 g/mol. The van der Waals surface area contributed by atoms with Crippen LogP contribution in [0.3, 0.4) is 0 Å². The lowest BCUT2D eigenvalue weighted by atomic mass is 10.1. The van der Waals surface area contributed by atoms with Gasteiger partial charge in [0.15, 0.2) is 5.78 Å². The lowest BCUT2D eigenvalue weighted by Crippen LogP contribution is -2.00. The third kappa shape index (κ3) is 4.23. The Balaban J connectivity index is 1.88. The van der Waals surface area contributed by atoms with E-state index < -0.39 is 0 Å². The largest absolute Gasteiger partial charge is 0.294 e. The molecule has 104 valence electrons. The summed E-state index contributed by atoms with van der Waals surface area (Å²) in [7, 11) is 0. The summed E-state index contributed by atoms with van der Waals surface area (Å²) in [5, 5.41) is 0.813. The van der Waals surface area contributed by atoms with Gasteiger partial charge in [0.25, 0.3) is 0 Å². The summed E-state index contributed by atoms with van der Waals surface area (Å²) in [4.78, 5) is 12.9. The van der Waals surface area contributed by atoms with Gasteiger partial charge in [-0.2, -0.15) is 0 Å². The number of benzene rings is 2. The van der Waals surface area contributed by atoms with Crippen LogP contribution in [0.1, 0.15) is 16.8 Å². The Morgan fingerprint density at radius 3 is 2.40 bits per heavy atom. The van der Waals surface area contributed by atoms with Gasteiger partial charge in [0.2, 0.25) is 0 Å². The number of halogens is 3. The Morgan fingerprint density at radius 1 is 1.05 bits per heavy atom. The van der Waals surface area contributed by atoms with Crippen LogP contribution in [0.15, 0.2) is 47.4 Å². The van der Waals surface area contributed by atoms with Crippen molar-refractivity contribution in [3.8, 4) is 0 Å². The zero-order valence-electron chi connectivity index (χ0n) is 10.4. The maximum absolute atomic E-state index is 12.7. The Labute approximate surface area is 131 Å². The van der Waals surface area contributed by atoms with Crippen molar-refractivity contribution in [1.82, 2.24) is 0 Å². The molecule has 0 bridgehead atoms. The number of hydrogen-bond donors (Lipinski definition) is 0. The number of carbonyl (C=O) groups is 1. The molecule has 0 N–H and O–H groups in total. The first kappa shape index (κ1) is 15.4. The molecule has 0 fully saturated rings. The number of hydrogen-bond acceptors (Lipinski definition) is 2. The van der Waals surface area contributed by atoms with Gasteiger partial charge in [-0.05, 0) is 42.5 Å². The van der Waals surface area contributed by atoms with Gasteiger partial charge in [-0.25, -0.2) is 4.39 Å². The van der Waals surface area contributed by atoms with E-state index in [1.165, 1.54) is 23.9 Å². The molecule has 2 rings (SSSR count). The van der Waals surface area contributed by atoms with Crippen LogP contribution in [-0.4, -0.2) is 11.5 Å². The van der Waals surface area contributed by atoms with E-state index in [1.807, 2.05) is 0 Å². The Kier molecular flexibility index (Phi) is 5.46. The maximum atomic E-state index is 12.7. The first-order chi connectivity index (χ1) is 9.56. The van der Waals surface area contributed by atoms with Crippen molar-refractivity contribution in [2.24, 2.45) is 0 Å². The van der Waals surface area contributed by atoms with Crippen LogP contribution in [0.25, 0.3) is 0 Å². The molecule has 20 heavy (non-hydrogen) atoms. The minimum atomic E-state index is -0.263. The molecule has 0 unspecified atom stereocenters. The first-order valence-electron chi connectivity index (χ1n) is 5.93. The van der Waals surface area contributed by atoms with Gasteiger partial charge in [-0.15, -0.1) is 11.8 Å². The fourth-order valence-electron chi connectivity index (χ4n) is 1.61. The highest BCUT2D eigenvalue weighted by molar-refractivity contribution is 7.99. The van der Waals surface area contributed by atoms with Crippen molar-refractivity contribution in [3.63, 3.8) is 0 Å². The molecule has 0 aromatic heterocycles. The minimum absolute atomic E-state index is 0.0122. The molecule has 2 aromatic carbocycles. The second-order valence-corrected chi connectivity index (χ2v) is 6.09. The minimum Gasteiger partial charge on any atom is -0.294 e. The number of rotatable bonds is 5. The molecule has 5 heteroatoms. The third-order valence-electron chi connectivity index (χ3n) is 2.65. The second-order valence-electron chi connectivity index (χ2n) is 4.10. The topological polar surface area (TPSA) is 17.1 Å². The molecule has 0 aliphatic carbocycles. The summed E-state index contributed by atoms with van der Waals surface area (Å²) in [5.41, 5.74) is 0.555. The Bertz CT molecular complexity index is 614. The average Bonchev–Trinajstić information content (AvgIpc) is 2.44. The van der Waals surface area contributed by atoms with Gasteiger partial charge in [0, 0.05) is 22.6 Å². The fourth-order valence-corrected chi connectivity index (χ4v) is 2.76. The Hall–Kier alpha value is -1.03. The van der Waals surface area contributed by atoms with E-state index in [4.69, 9.17) is 23.2 Å². The summed E-state index contributed by atoms with van der Waals surface area (Å²) in [5.74, 6) is 0.379. The van der Waals surface area contributed by atoms with Crippen LogP contribution in [0, 0.1) is 5.82 Å². The van der Waals surface area contributed by atoms with Crippen LogP contribution in [0.4, 0.5) is 4.39 Å².